The van der Waals surface area contributed by atoms with Crippen LogP contribution in [0.25, 0.3) is 0 Å². The van der Waals surface area contributed by atoms with Crippen LogP contribution in [0.2, 0.25) is 0 Å². The highest BCUT2D eigenvalue weighted by Gasteiger charge is 2.02. The third-order valence-corrected chi connectivity index (χ3v) is 2.16. The lowest BCUT2D eigenvalue weighted by Gasteiger charge is -2.11. The molecule has 0 amide bonds. The van der Waals surface area contributed by atoms with Crippen LogP contribution in [0.4, 0.5) is 0 Å². The van der Waals surface area contributed by atoms with Gasteiger partial charge in [0.2, 0.25) is 0 Å². The predicted octanol–water partition coefficient (Wildman–Crippen LogP) is 3.36. The van der Waals surface area contributed by atoms with Crippen molar-refractivity contribution >= 4 is 11.8 Å². The molecule has 0 saturated heterocycles. The lowest BCUT2D eigenvalue weighted by molar-refractivity contribution is 0.337. The summed E-state index contributed by atoms with van der Waals surface area (Å²) >= 11 is 1.70. The first kappa shape index (κ1) is 9.46. The first-order chi connectivity index (χ1) is 5.74. The number of para-hydroxylation sites is 1. The van der Waals surface area contributed by atoms with Crippen molar-refractivity contribution in [2.75, 3.05) is 6.26 Å². The number of hydrogen-bond acceptors (Lipinski definition) is 2. The Hall–Kier alpha value is -0.630. The molecule has 0 heterocycles. The van der Waals surface area contributed by atoms with Gasteiger partial charge in [-0.2, -0.15) is 0 Å². The van der Waals surface area contributed by atoms with Gasteiger partial charge in [0.25, 0.3) is 0 Å². The molecule has 0 bridgehead atoms. The van der Waals surface area contributed by atoms with E-state index in [1.165, 1.54) is 4.90 Å². The van der Waals surface area contributed by atoms with Crippen molar-refractivity contribution in [3.05, 3.63) is 30.4 Å². The van der Waals surface area contributed by atoms with Gasteiger partial charge in [0.05, 0.1) is 0 Å². The van der Waals surface area contributed by atoms with E-state index in [-0.39, 0.29) is 0 Å². The summed E-state index contributed by atoms with van der Waals surface area (Å²) < 4.78 is 5.53. The summed E-state index contributed by atoms with van der Waals surface area (Å²) in [6.45, 7) is 3.91. The van der Waals surface area contributed by atoms with E-state index in [1.54, 1.807) is 11.8 Å². The van der Waals surface area contributed by atoms with Gasteiger partial charge in [0, 0.05) is 4.90 Å². The average Bonchev–Trinajstić information content (AvgIpc) is 2.04. The van der Waals surface area contributed by atoms with E-state index >= 15 is 0 Å². The Labute approximate surface area is 78.1 Å². The molecule has 1 nitrogen and oxygen atoms in total. The second kappa shape index (κ2) is 4.41. The number of thioether (sulfide) groups is 1. The van der Waals surface area contributed by atoms with Crippen LogP contribution < -0.4 is 4.74 Å². The van der Waals surface area contributed by atoms with Gasteiger partial charge in [0.1, 0.15) is 11.9 Å². The summed E-state index contributed by atoms with van der Waals surface area (Å²) in [7, 11) is 0. The Morgan fingerprint density at radius 1 is 1.25 bits per heavy atom. The van der Waals surface area contributed by atoms with Crippen LogP contribution in [-0.4, -0.2) is 6.26 Å². The van der Waals surface area contributed by atoms with Gasteiger partial charge in [-0.3, -0.25) is 0 Å². The van der Waals surface area contributed by atoms with Gasteiger partial charge in [-0.05, 0) is 32.2 Å². The van der Waals surface area contributed by atoms with Gasteiger partial charge in [-0.1, -0.05) is 12.1 Å². The summed E-state index contributed by atoms with van der Waals surface area (Å²) in [5.41, 5.74) is 0. The highest BCUT2D eigenvalue weighted by molar-refractivity contribution is 7.98. The van der Waals surface area contributed by atoms with Crippen LogP contribution >= 0.6 is 11.8 Å². The minimum atomic E-state index is 0.949. The summed E-state index contributed by atoms with van der Waals surface area (Å²) in [6.07, 6.45) is 3.02. The van der Waals surface area contributed by atoms with Crippen molar-refractivity contribution < 1.29 is 4.74 Å². The normalized spacial score (nSPS) is 10.3. The zero-order chi connectivity index (χ0) is 8.97. The Morgan fingerprint density at radius 2 is 1.92 bits per heavy atom. The lowest BCUT2D eigenvalue weighted by atomic mass is 10.3. The Balaban J connectivity index is 2.82. The maximum Gasteiger partial charge on any atom is 0.142 e. The van der Waals surface area contributed by atoms with E-state index < -0.39 is 0 Å². The van der Waals surface area contributed by atoms with Crippen LogP contribution in [0.3, 0.4) is 0 Å². The van der Waals surface area contributed by atoms with E-state index in [1.807, 2.05) is 38.3 Å². The van der Waals surface area contributed by atoms with Crippen molar-refractivity contribution in [2.24, 2.45) is 0 Å². The summed E-state index contributed by atoms with van der Waals surface area (Å²) in [5.74, 6) is 0.949. The first-order valence-corrected chi connectivity index (χ1v) is 5.07. The van der Waals surface area contributed by atoms with Crippen LogP contribution in [-0.2, 0) is 0 Å². The highest BCUT2D eigenvalue weighted by atomic mass is 32.2. The third-order valence-electron chi connectivity index (χ3n) is 1.38. The van der Waals surface area contributed by atoms with E-state index in [2.05, 4.69) is 6.07 Å². The van der Waals surface area contributed by atoms with Gasteiger partial charge in [0.15, 0.2) is 0 Å². The zero-order valence-corrected chi connectivity index (χ0v) is 8.44. The fourth-order valence-electron chi connectivity index (χ4n) is 0.923. The number of hydrogen-bond donors (Lipinski definition) is 0. The molecule has 0 N–H and O–H groups in total. The zero-order valence-electron chi connectivity index (χ0n) is 7.63. The van der Waals surface area contributed by atoms with Gasteiger partial charge < -0.3 is 4.74 Å². The molecule has 0 aliphatic heterocycles. The molecule has 0 atom stereocenters. The molecule has 12 heavy (non-hydrogen) atoms. The Kier molecular flexibility index (Phi) is 3.48. The van der Waals surface area contributed by atoms with E-state index in [0.29, 0.717) is 0 Å². The predicted molar refractivity (Wildman–Crippen MR) is 53.4 cm³/mol. The van der Waals surface area contributed by atoms with Gasteiger partial charge in [-0.25, -0.2) is 0 Å². The smallest absolute Gasteiger partial charge is 0.142 e. The first-order valence-electron chi connectivity index (χ1n) is 3.85. The van der Waals surface area contributed by atoms with Gasteiger partial charge in [-0.15, -0.1) is 11.8 Å². The summed E-state index contributed by atoms with van der Waals surface area (Å²) in [5, 5.41) is 0. The van der Waals surface area contributed by atoms with E-state index in [4.69, 9.17) is 4.74 Å². The molecule has 2 heteroatoms. The van der Waals surface area contributed by atoms with Crippen molar-refractivity contribution in [1.82, 2.24) is 0 Å². The molecule has 0 saturated carbocycles. The van der Waals surface area contributed by atoms with Crippen molar-refractivity contribution in [2.45, 2.75) is 18.7 Å². The second-order valence-corrected chi connectivity index (χ2v) is 3.51. The molecule has 1 radical (unpaired) electrons. The lowest BCUT2D eigenvalue weighted by Crippen LogP contribution is -1.96. The molecular weight excluding hydrogens is 168 g/mol. The molecule has 0 aliphatic carbocycles. The molecule has 1 aromatic rings. The number of ether oxygens (including phenoxy) is 1. The Bertz CT molecular complexity index is 245. The molecule has 0 unspecified atom stereocenters. The standard InChI is InChI=1S/C10H13OS/c1-8(2)11-9-6-4-5-7-10(9)12-3/h4-7H,1-3H3. The quantitative estimate of drug-likeness (QED) is 0.661. The summed E-state index contributed by atoms with van der Waals surface area (Å²) in [6, 6.07) is 8.05. The van der Waals surface area contributed by atoms with Crippen LogP contribution in [0.5, 0.6) is 5.75 Å². The highest BCUT2D eigenvalue weighted by Crippen LogP contribution is 2.28. The topological polar surface area (TPSA) is 9.23 Å². The van der Waals surface area contributed by atoms with Crippen LogP contribution in [0, 0.1) is 6.10 Å². The number of benzene rings is 1. The van der Waals surface area contributed by atoms with Crippen molar-refractivity contribution in [3.63, 3.8) is 0 Å². The Morgan fingerprint density at radius 3 is 2.50 bits per heavy atom. The molecule has 1 aromatic carbocycles. The molecule has 1 rings (SSSR count). The monoisotopic (exact) mass is 181 g/mol. The number of rotatable bonds is 3. The van der Waals surface area contributed by atoms with Crippen molar-refractivity contribution in [3.8, 4) is 5.75 Å². The molecule has 0 fully saturated rings. The second-order valence-electron chi connectivity index (χ2n) is 2.66. The molecule has 65 valence electrons. The maximum absolute atomic E-state index is 5.53. The SMILES string of the molecule is CSc1ccccc1O[C](C)C. The fourth-order valence-corrected chi connectivity index (χ4v) is 1.45. The molecular formula is C10H13OS. The van der Waals surface area contributed by atoms with Crippen molar-refractivity contribution in [1.29, 1.82) is 0 Å². The maximum atomic E-state index is 5.53. The average molecular weight is 181 g/mol. The minimum Gasteiger partial charge on any atom is -0.483 e. The largest absolute Gasteiger partial charge is 0.483 e. The minimum absolute atomic E-state index is 0.949. The van der Waals surface area contributed by atoms with Gasteiger partial charge >= 0.3 is 0 Å². The van der Waals surface area contributed by atoms with E-state index in [9.17, 15) is 0 Å². The third kappa shape index (κ3) is 2.45. The molecule has 0 aliphatic rings. The van der Waals surface area contributed by atoms with Crippen LogP contribution in [0.15, 0.2) is 29.2 Å². The molecule has 0 aromatic heterocycles. The van der Waals surface area contributed by atoms with E-state index in [0.717, 1.165) is 11.9 Å². The summed E-state index contributed by atoms with van der Waals surface area (Å²) in [4.78, 5) is 1.18. The molecule has 0 spiro atoms. The van der Waals surface area contributed by atoms with Crippen LogP contribution in [0.1, 0.15) is 13.8 Å². The fraction of sp³-hybridized carbons (Fsp3) is 0.300.